The Morgan fingerprint density at radius 2 is 1.38 bits per heavy atom. The molecule has 0 rings (SSSR count). The van der Waals surface area contributed by atoms with Gasteiger partial charge in [-0.25, -0.2) is 0 Å². The van der Waals surface area contributed by atoms with E-state index in [1.807, 2.05) is 20.8 Å². The highest BCUT2D eigenvalue weighted by molar-refractivity contribution is 6.61. The van der Waals surface area contributed by atoms with Crippen LogP contribution in [-0.4, -0.2) is 34.8 Å². The molecule has 0 aliphatic carbocycles. The fourth-order valence-corrected chi connectivity index (χ4v) is 3.00. The van der Waals surface area contributed by atoms with Gasteiger partial charge in [0.2, 0.25) is 0 Å². The van der Waals surface area contributed by atoms with Gasteiger partial charge >= 0.3 is 8.80 Å². The van der Waals surface area contributed by atoms with Crippen LogP contribution < -0.4 is 0 Å². The molecule has 0 radical (unpaired) electrons. The predicted molar refractivity (Wildman–Crippen MR) is 51.3 cm³/mol. The minimum absolute atomic E-state index is 0.0114. The van der Waals surface area contributed by atoms with Crippen LogP contribution in [0.1, 0.15) is 20.8 Å². The third-order valence-electron chi connectivity index (χ3n) is 1.35. The van der Waals surface area contributed by atoms with Crippen molar-refractivity contribution in [3.8, 4) is 0 Å². The second kappa shape index (κ2) is 7.13. The van der Waals surface area contributed by atoms with Crippen LogP contribution >= 0.6 is 0 Å². The lowest BCUT2D eigenvalue weighted by Gasteiger charge is -2.25. The minimum Gasteiger partial charge on any atom is -0.373 e. The molecule has 0 N–H and O–H groups in total. The Hall–Kier alpha value is -0.303. The van der Waals surface area contributed by atoms with Gasteiger partial charge in [0.1, 0.15) is 0 Å². The average molecular weight is 207 g/mol. The Morgan fingerprint density at radius 1 is 1.00 bits per heavy atom. The zero-order valence-electron chi connectivity index (χ0n) is 8.41. The summed E-state index contributed by atoms with van der Waals surface area (Å²) in [7, 11) is -2.77. The molecule has 0 aliphatic rings. The van der Waals surface area contributed by atoms with Gasteiger partial charge < -0.3 is 13.3 Å². The van der Waals surface area contributed by atoms with Gasteiger partial charge in [0.25, 0.3) is 0 Å². The van der Waals surface area contributed by atoms with Crippen LogP contribution in [0.5, 0.6) is 0 Å². The van der Waals surface area contributed by atoms with E-state index in [0.29, 0.717) is 19.8 Å². The number of hydrogen-bond acceptors (Lipinski definition) is 5. The van der Waals surface area contributed by atoms with Crippen molar-refractivity contribution in [1.29, 1.82) is 0 Å². The van der Waals surface area contributed by atoms with Gasteiger partial charge in [-0.2, -0.15) is 4.91 Å². The molecule has 13 heavy (non-hydrogen) atoms. The molecule has 6 heteroatoms. The summed E-state index contributed by atoms with van der Waals surface area (Å²) < 4.78 is 16.1. The van der Waals surface area contributed by atoms with Crippen molar-refractivity contribution >= 4 is 8.80 Å². The summed E-state index contributed by atoms with van der Waals surface area (Å²) in [6.07, 6.45) is -0.0114. The molecule has 0 saturated heterocycles. The molecule has 0 unspecified atom stereocenters. The molecule has 0 atom stereocenters. The molecule has 0 fully saturated rings. The van der Waals surface area contributed by atoms with E-state index in [0.717, 1.165) is 0 Å². The fourth-order valence-electron chi connectivity index (χ4n) is 1.00. The van der Waals surface area contributed by atoms with E-state index in [-0.39, 0.29) is 6.17 Å². The third kappa shape index (κ3) is 4.46. The highest BCUT2D eigenvalue weighted by Crippen LogP contribution is 2.10. The Labute approximate surface area is 79.7 Å². The normalized spacial score (nSPS) is 11.6. The predicted octanol–water partition coefficient (Wildman–Crippen LogP) is 1.34. The first-order valence-electron chi connectivity index (χ1n) is 4.45. The second-order valence-electron chi connectivity index (χ2n) is 2.27. The summed E-state index contributed by atoms with van der Waals surface area (Å²) in [6.45, 7) is 6.94. The SMILES string of the molecule is CCO[Si](CN=O)(OCC)OCC. The first kappa shape index (κ1) is 12.7. The zero-order chi connectivity index (χ0) is 10.2. The van der Waals surface area contributed by atoms with Crippen molar-refractivity contribution < 1.29 is 13.3 Å². The van der Waals surface area contributed by atoms with Gasteiger partial charge in [0.15, 0.2) is 6.17 Å². The van der Waals surface area contributed by atoms with Crippen molar-refractivity contribution in [3.05, 3.63) is 4.91 Å². The van der Waals surface area contributed by atoms with Crippen molar-refractivity contribution in [1.82, 2.24) is 0 Å². The van der Waals surface area contributed by atoms with Crippen molar-refractivity contribution in [2.45, 2.75) is 20.8 Å². The summed E-state index contributed by atoms with van der Waals surface area (Å²) in [6, 6.07) is 0. The number of nitrogens with zero attached hydrogens (tertiary/aromatic N) is 1. The topological polar surface area (TPSA) is 57.1 Å². The Bertz CT molecular complexity index is 127. The molecule has 0 aromatic heterocycles. The van der Waals surface area contributed by atoms with Crippen LogP contribution in [-0.2, 0) is 13.3 Å². The monoisotopic (exact) mass is 207 g/mol. The summed E-state index contributed by atoms with van der Waals surface area (Å²) in [5.74, 6) is 0. The molecule has 0 bridgehead atoms. The molecule has 0 aromatic carbocycles. The standard InChI is InChI=1S/C7H17NO4Si/c1-4-10-13(7-8-9,11-5-2)12-6-3/h4-7H2,1-3H3. The van der Waals surface area contributed by atoms with Gasteiger partial charge in [0.05, 0.1) is 0 Å². The fraction of sp³-hybridized carbons (Fsp3) is 1.00. The van der Waals surface area contributed by atoms with E-state index in [1.54, 1.807) is 0 Å². The lowest BCUT2D eigenvalue weighted by atomic mass is 10.9. The minimum atomic E-state index is -2.77. The molecular formula is C7H17NO4Si. The molecule has 0 aliphatic heterocycles. The first-order chi connectivity index (χ1) is 6.24. The smallest absolute Gasteiger partial charge is 0.373 e. The van der Waals surface area contributed by atoms with Crippen LogP contribution in [0.2, 0.25) is 0 Å². The van der Waals surface area contributed by atoms with Gasteiger partial charge in [-0.1, -0.05) is 5.18 Å². The first-order valence-corrected chi connectivity index (χ1v) is 6.38. The number of nitroso groups, excluding NO2 is 1. The molecule has 0 amide bonds. The van der Waals surface area contributed by atoms with E-state index in [9.17, 15) is 4.91 Å². The molecular weight excluding hydrogens is 190 g/mol. The van der Waals surface area contributed by atoms with Crippen molar-refractivity contribution in [2.75, 3.05) is 26.0 Å². The zero-order valence-corrected chi connectivity index (χ0v) is 9.41. The number of rotatable bonds is 8. The molecule has 0 spiro atoms. The van der Waals surface area contributed by atoms with Crippen molar-refractivity contribution in [2.24, 2.45) is 5.18 Å². The maximum absolute atomic E-state index is 10.2. The Balaban J connectivity index is 4.27. The van der Waals surface area contributed by atoms with E-state index >= 15 is 0 Å². The molecule has 0 heterocycles. The van der Waals surface area contributed by atoms with Crippen LogP contribution in [0.25, 0.3) is 0 Å². The largest absolute Gasteiger partial charge is 0.527 e. The maximum Gasteiger partial charge on any atom is 0.527 e. The van der Waals surface area contributed by atoms with Gasteiger partial charge in [-0.3, -0.25) is 0 Å². The van der Waals surface area contributed by atoms with Gasteiger partial charge in [0, 0.05) is 19.8 Å². The van der Waals surface area contributed by atoms with E-state index < -0.39 is 8.80 Å². The molecule has 78 valence electrons. The lowest BCUT2D eigenvalue weighted by Crippen LogP contribution is -2.49. The second-order valence-corrected chi connectivity index (χ2v) is 4.82. The Kier molecular flexibility index (Phi) is 6.97. The highest BCUT2D eigenvalue weighted by Gasteiger charge is 2.41. The molecule has 0 saturated carbocycles. The summed E-state index contributed by atoms with van der Waals surface area (Å²) >= 11 is 0. The Morgan fingerprint density at radius 3 is 1.62 bits per heavy atom. The third-order valence-corrected chi connectivity index (χ3v) is 4.05. The van der Waals surface area contributed by atoms with Crippen molar-refractivity contribution in [3.63, 3.8) is 0 Å². The maximum atomic E-state index is 10.2. The van der Waals surface area contributed by atoms with Crippen LogP contribution in [0.3, 0.4) is 0 Å². The molecule has 5 nitrogen and oxygen atoms in total. The van der Waals surface area contributed by atoms with Crippen LogP contribution in [0, 0.1) is 4.91 Å². The quantitative estimate of drug-likeness (QED) is 0.445. The highest BCUT2D eigenvalue weighted by atomic mass is 28.4. The van der Waals surface area contributed by atoms with E-state index in [4.69, 9.17) is 13.3 Å². The average Bonchev–Trinajstić information content (AvgIpc) is 2.06. The lowest BCUT2D eigenvalue weighted by molar-refractivity contribution is 0.0729. The molecule has 0 aromatic rings. The van der Waals surface area contributed by atoms with Crippen LogP contribution in [0.15, 0.2) is 5.18 Å². The van der Waals surface area contributed by atoms with Crippen LogP contribution in [0.4, 0.5) is 0 Å². The van der Waals surface area contributed by atoms with Gasteiger partial charge in [-0.15, -0.1) is 0 Å². The summed E-state index contributed by atoms with van der Waals surface area (Å²) in [5, 5.41) is 2.80. The summed E-state index contributed by atoms with van der Waals surface area (Å²) in [4.78, 5) is 10.2. The number of hydrogen-bond donors (Lipinski definition) is 0. The van der Waals surface area contributed by atoms with Gasteiger partial charge in [-0.05, 0) is 20.8 Å². The summed E-state index contributed by atoms with van der Waals surface area (Å²) in [5.41, 5.74) is 0. The van der Waals surface area contributed by atoms with E-state index in [2.05, 4.69) is 5.18 Å². The van der Waals surface area contributed by atoms with E-state index in [1.165, 1.54) is 0 Å².